The van der Waals surface area contributed by atoms with E-state index in [0.717, 1.165) is 38.2 Å². The van der Waals surface area contributed by atoms with Crippen LogP contribution in [0.4, 0.5) is 0 Å². The van der Waals surface area contributed by atoms with Crippen molar-refractivity contribution in [3.05, 3.63) is 23.7 Å². The molecule has 1 aromatic rings. The van der Waals surface area contributed by atoms with Crippen LogP contribution >= 0.6 is 0 Å². The lowest BCUT2D eigenvalue weighted by molar-refractivity contribution is 0.0733. The molecule has 1 aliphatic heterocycles. The molecule has 0 aliphatic carbocycles. The van der Waals surface area contributed by atoms with E-state index in [4.69, 9.17) is 4.42 Å². The van der Waals surface area contributed by atoms with Crippen molar-refractivity contribution in [3.8, 4) is 0 Å². The zero-order valence-corrected chi connectivity index (χ0v) is 8.95. The molecule has 4 nitrogen and oxygen atoms in total. The van der Waals surface area contributed by atoms with E-state index in [2.05, 4.69) is 5.32 Å². The van der Waals surface area contributed by atoms with Gasteiger partial charge in [-0.1, -0.05) is 0 Å². The SMILES string of the molecule is Cc1ccoc1C(=O)N1CCCNCC1. The number of carbonyl (C=O) groups is 1. The Balaban J connectivity index is 2.09. The first-order valence-corrected chi connectivity index (χ1v) is 5.33. The monoisotopic (exact) mass is 208 g/mol. The quantitative estimate of drug-likeness (QED) is 0.749. The largest absolute Gasteiger partial charge is 0.459 e. The summed E-state index contributed by atoms with van der Waals surface area (Å²) in [5.74, 6) is 0.498. The third-order valence-corrected chi connectivity index (χ3v) is 2.68. The van der Waals surface area contributed by atoms with Gasteiger partial charge in [0.25, 0.3) is 5.91 Å². The maximum Gasteiger partial charge on any atom is 0.289 e. The maximum absolute atomic E-state index is 12.0. The number of nitrogens with one attached hydrogen (secondary N) is 1. The van der Waals surface area contributed by atoms with Gasteiger partial charge < -0.3 is 14.6 Å². The van der Waals surface area contributed by atoms with Crippen LogP contribution < -0.4 is 5.32 Å². The third kappa shape index (κ3) is 2.21. The number of furan rings is 1. The molecule has 1 fully saturated rings. The summed E-state index contributed by atoms with van der Waals surface area (Å²) in [4.78, 5) is 13.9. The van der Waals surface area contributed by atoms with Crippen molar-refractivity contribution >= 4 is 5.91 Å². The summed E-state index contributed by atoms with van der Waals surface area (Å²) in [5.41, 5.74) is 0.914. The minimum absolute atomic E-state index is 0.0150. The van der Waals surface area contributed by atoms with Gasteiger partial charge in [0.1, 0.15) is 0 Å². The summed E-state index contributed by atoms with van der Waals surface area (Å²) < 4.78 is 5.21. The fourth-order valence-corrected chi connectivity index (χ4v) is 1.78. The van der Waals surface area contributed by atoms with Gasteiger partial charge in [-0.05, 0) is 26.0 Å². The first kappa shape index (κ1) is 10.2. The van der Waals surface area contributed by atoms with Crippen molar-refractivity contribution in [1.29, 1.82) is 0 Å². The second kappa shape index (κ2) is 4.49. The summed E-state index contributed by atoms with van der Waals surface area (Å²) in [6, 6.07) is 1.82. The van der Waals surface area contributed by atoms with Gasteiger partial charge in [-0.25, -0.2) is 0 Å². The molecule has 0 bridgehead atoms. The Morgan fingerprint density at radius 1 is 1.47 bits per heavy atom. The molecule has 4 heteroatoms. The highest BCUT2D eigenvalue weighted by Crippen LogP contribution is 2.12. The highest BCUT2D eigenvalue weighted by molar-refractivity contribution is 5.92. The summed E-state index contributed by atoms with van der Waals surface area (Å²) in [5, 5.41) is 3.27. The van der Waals surface area contributed by atoms with Crippen LogP contribution in [-0.2, 0) is 0 Å². The van der Waals surface area contributed by atoms with Gasteiger partial charge in [0.2, 0.25) is 0 Å². The van der Waals surface area contributed by atoms with Gasteiger partial charge >= 0.3 is 0 Å². The number of amides is 1. The first-order chi connectivity index (χ1) is 7.29. The van der Waals surface area contributed by atoms with E-state index < -0.39 is 0 Å². The number of hydrogen-bond donors (Lipinski definition) is 1. The smallest absolute Gasteiger partial charge is 0.289 e. The molecule has 1 N–H and O–H groups in total. The maximum atomic E-state index is 12.0. The van der Waals surface area contributed by atoms with E-state index in [1.807, 2.05) is 17.9 Å². The standard InChI is InChI=1S/C11H16N2O2/c1-9-3-8-15-10(9)11(14)13-6-2-4-12-5-7-13/h3,8,12H,2,4-7H2,1H3. The molecular weight excluding hydrogens is 192 g/mol. The van der Waals surface area contributed by atoms with Gasteiger partial charge in [-0.2, -0.15) is 0 Å². The Morgan fingerprint density at radius 3 is 3.07 bits per heavy atom. The van der Waals surface area contributed by atoms with Crippen LogP contribution in [0.5, 0.6) is 0 Å². The van der Waals surface area contributed by atoms with Crippen molar-refractivity contribution in [2.75, 3.05) is 26.2 Å². The fraction of sp³-hybridized carbons (Fsp3) is 0.545. The molecule has 1 amide bonds. The molecule has 0 spiro atoms. The Hall–Kier alpha value is -1.29. The first-order valence-electron chi connectivity index (χ1n) is 5.33. The van der Waals surface area contributed by atoms with Crippen LogP contribution in [0.3, 0.4) is 0 Å². The number of rotatable bonds is 1. The highest BCUT2D eigenvalue weighted by Gasteiger charge is 2.20. The molecule has 2 heterocycles. The summed E-state index contributed by atoms with van der Waals surface area (Å²) in [6.07, 6.45) is 2.57. The van der Waals surface area contributed by atoms with Crippen molar-refractivity contribution in [1.82, 2.24) is 10.2 Å². The fourth-order valence-electron chi connectivity index (χ4n) is 1.78. The van der Waals surface area contributed by atoms with Gasteiger partial charge in [0.05, 0.1) is 6.26 Å². The molecule has 15 heavy (non-hydrogen) atoms. The van der Waals surface area contributed by atoms with Crippen LogP contribution in [0.15, 0.2) is 16.7 Å². The van der Waals surface area contributed by atoms with Crippen LogP contribution in [-0.4, -0.2) is 37.0 Å². The number of nitrogens with zero attached hydrogens (tertiary/aromatic N) is 1. The third-order valence-electron chi connectivity index (χ3n) is 2.68. The molecule has 0 aromatic carbocycles. The van der Waals surface area contributed by atoms with Gasteiger partial charge in [-0.15, -0.1) is 0 Å². The Kier molecular flexibility index (Phi) is 3.06. The van der Waals surface area contributed by atoms with E-state index in [-0.39, 0.29) is 5.91 Å². The average molecular weight is 208 g/mol. The van der Waals surface area contributed by atoms with Gasteiger partial charge in [0.15, 0.2) is 5.76 Å². The Bertz CT molecular complexity index is 338. The van der Waals surface area contributed by atoms with E-state index in [1.165, 1.54) is 0 Å². The second-order valence-electron chi connectivity index (χ2n) is 3.83. The molecule has 82 valence electrons. The van der Waals surface area contributed by atoms with Crippen molar-refractivity contribution in [3.63, 3.8) is 0 Å². The molecule has 0 radical (unpaired) electrons. The van der Waals surface area contributed by atoms with Gasteiger partial charge in [-0.3, -0.25) is 4.79 Å². The van der Waals surface area contributed by atoms with Crippen molar-refractivity contribution in [2.24, 2.45) is 0 Å². The lowest BCUT2D eigenvalue weighted by atomic mass is 10.2. The molecule has 1 aliphatic rings. The van der Waals surface area contributed by atoms with E-state index >= 15 is 0 Å². The average Bonchev–Trinajstić information content (AvgIpc) is 2.53. The molecule has 0 atom stereocenters. The lowest BCUT2D eigenvalue weighted by Crippen LogP contribution is -2.34. The number of aryl methyl sites for hydroxylation is 1. The van der Waals surface area contributed by atoms with Crippen molar-refractivity contribution in [2.45, 2.75) is 13.3 Å². The minimum Gasteiger partial charge on any atom is -0.459 e. The van der Waals surface area contributed by atoms with Crippen LogP contribution in [0, 0.1) is 6.92 Å². The lowest BCUT2D eigenvalue weighted by Gasteiger charge is -2.18. The normalized spacial score (nSPS) is 17.5. The van der Waals surface area contributed by atoms with E-state index in [0.29, 0.717) is 5.76 Å². The molecule has 0 saturated carbocycles. The molecule has 1 saturated heterocycles. The zero-order chi connectivity index (χ0) is 10.7. The highest BCUT2D eigenvalue weighted by atomic mass is 16.3. The summed E-state index contributed by atoms with van der Waals surface area (Å²) in [7, 11) is 0. The van der Waals surface area contributed by atoms with Crippen LogP contribution in [0.1, 0.15) is 22.5 Å². The minimum atomic E-state index is 0.0150. The van der Waals surface area contributed by atoms with Gasteiger partial charge in [0, 0.05) is 25.2 Å². The molecular formula is C11H16N2O2. The van der Waals surface area contributed by atoms with E-state index in [1.54, 1.807) is 6.26 Å². The van der Waals surface area contributed by atoms with Crippen LogP contribution in [0.2, 0.25) is 0 Å². The Labute approximate surface area is 89.2 Å². The molecule has 1 aromatic heterocycles. The predicted molar refractivity (Wildman–Crippen MR) is 56.8 cm³/mol. The van der Waals surface area contributed by atoms with Crippen molar-refractivity contribution < 1.29 is 9.21 Å². The molecule has 2 rings (SSSR count). The second-order valence-corrected chi connectivity index (χ2v) is 3.83. The zero-order valence-electron chi connectivity index (χ0n) is 8.95. The molecule has 0 unspecified atom stereocenters. The topological polar surface area (TPSA) is 45.5 Å². The van der Waals surface area contributed by atoms with Crippen LogP contribution in [0.25, 0.3) is 0 Å². The number of carbonyl (C=O) groups excluding carboxylic acids is 1. The predicted octanol–water partition coefficient (Wildman–Crippen LogP) is 1.02. The summed E-state index contributed by atoms with van der Waals surface area (Å²) in [6.45, 7) is 5.32. The Morgan fingerprint density at radius 2 is 2.33 bits per heavy atom. The summed E-state index contributed by atoms with van der Waals surface area (Å²) >= 11 is 0. The number of hydrogen-bond acceptors (Lipinski definition) is 3. The van der Waals surface area contributed by atoms with E-state index in [9.17, 15) is 4.79 Å².